The molecule has 0 unspecified atom stereocenters. The summed E-state index contributed by atoms with van der Waals surface area (Å²) in [4.78, 5) is 0.199. The summed E-state index contributed by atoms with van der Waals surface area (Å²) in [6.07, 6.45) is 1.43. The number of rotatable bonds is 9. The first-order valence-electron chi connectivity index (χ1n) is 7.26. The van der Waals surface area contributed by atoms with Gasteiger partial charge in [0.15, 0.2) is 0 Å². The Hall–Kier alpha value is -1.11. The second-order valence-corrected chi connectivity index (χ2v) is 6.86. The van der Waals surface area contributed by atoms with Gasteiger partial charge >= 0.3 is 0 Å². The lowest BCUT2D eigenvalue weighted by molar-refractivity contribution is 0.119. The van der Waals surface area contributed by atoms with E-state index >= 15 is 0 Å². The van der Waals surface area contributed by atoms with Gasteiger partial charge in [0.05, 0.1) is 11.5 Å². The third-order valence-electron chi connectivity index (χ3n) is 3.92. The molecule has 0 bridgehead atoms. The molecule has 1 aromatic rings. The van der Waals surface area contributed by atoms with Gasteiger partial charge in [-0.2, -0.15) is 0 Å². The van der Waals surface area contributed by atoms with Gasteiger partial charge in [0.2, 0.25) is 10.0 Å². The molecule has 1 rings (SSSR count). The first kappa shape index (κ1) is 17.9. The molecule has 0 heterocycles. The van der Waals surface area contributed by atoms with Crippen LogP contribution in [0, 0.1) is 5.41 Å². The van der Waals surface area contributed by atoms with Gasteiger partial charge in [-0.25, -0.2) is 13.1 Å². The summed E-state index contributed by atoms with van der Waals surface area (Å²) in [5.41, 5.74) is -0.404. The zero-order valence-corrected chi connectivity index (χ0v) is 13.7. The lowest BCUT2D eigenvalue weighted by Crippen LogP contribution is -2.39. The van der Waals surface area contributed by atoms with Crippen molar-refractivity contribution in [3.8, 4) is 5.75 Å². The predicted molar refractivity (Wildman–Crippen MR) is 82.9 cm³/mol. The molecule has 0 amide bonds. The minimum absolute atomic E-state index is 0.0359. The van der Waals surface area contributed by atoms with Crippen molar-refractivity contribution in [2.75, 3.05) is 19.8 Å². The van der Waals surface area contributed by atoms with E-state index in [1.54, 1.807) is 12.1 Å². The van der Waals surface area contributed by atoms with Crippen LogP contribution in [0.3, 0.4) is 0 Å². The van der Waals surface area contributed by atoms with Crippen LogP contribution in [-0.4, -0.2) is 33.3 Å². The van der Waals surface area contributed by atoms with Crippen molar-refractivity contribution in [3.05, 3.63) is 24.3 Å². The number of hydrogen-bond donors (Lipinski definition) is 2. The van der Waals surface area contributed by atoms with Crippen molar-refractivity contribution in [2.45, 2.75) is 38.5 Å². The van der Waals surface area contributed by atoms with Crippen molar-refractivity contribution in [3.63, 3.8) is 0 Å². The largest absolute Gasteiger partial charge is 0.494 e. The van der Waals surface area contributed by atoms with E-state index in [1.807, 2.05) is 20.8 Å². The molecule has 0 atom stereocenters. The summed E-state index contributed by atoms with van der Waals surface area (Å²) in [5, 5.41) is 9.49. The summed E-state index contributed by atoms with van der Waals surface area (Å²) >= 11 is 0. The molecule has 5 nitrogen and oxygen atoms in total. The van der Waals surface area contributed by atoms with Gasteiger partial charge in [-0.1, -0.05) is 13.8 Å². The monoisotopic (exact) mass is 315 g/mol. The van der Waals surface area contributed by atoms with Crippen LogP contribution in [0.4, 0.5) is 0 Å². The van der Waals surface area contributed by atoms with Gasteiger partial charge in [-0.15, -0.1) is 0 Å². The van der Waals surface area contributed by atoms with Gasteiger partial charge in [0, 0.05) is 18.6 Å². The van der Waals surface area contributed by atoms with Crippen LogP contribution in [0.1, 0.15) is 33.6 Å². The minimum Gasteiger partial charge on any atom is -0.494 e. The van der Waals surface area contributed by atoms with Gasteiger partial charge in [0.1, 0.15) is 5.75 Å². The summed E-state index contributed by atoms with van der Waals surface area (Å²) < 4.78 is 32.4. The highest BCUT2D eigenvalue weighted by atomic mass is 32.2. The Bertz CT molecular complexity index is 513. The number of hydrogen-bond acceptors (Lipinski definition) is 4. The Morgan fingerprint density at radius 2 is 1.71 bits per heavy atom. The van der Waals surface area contributed by atoms with Crippen LogP contribution >= 0.6 is 0 Å². The summed E-state index contributed by atoms with van der Waals surface area (Å²) in [7, 11) is -3.57. The number of aliphatic hydroxyl groups excluding tert-OH is 1. The van der Waals surface area contributed by atoms with E-state index in [0.717, 1.165) is 0 Å². The zero-order valence-electron chi connectivity index (χ0n) is 12.9. The quantitative estimate of drug-likeness (QED) is 0.732. The number of nitrogens with one attached hydrogen (secondary N) is 1. The molecule has 0 aliphatic rings. The topological polar surface area (TPSA) is 75.6 Å². The molecular weight excluding hydrogens is 290 g/mol. The maximum atomic E-state index is 12.3. The molecule has 1 aromatic carbocycles. The molecule has 0 aromatic heterocycles. The first-order valence-corrected chi connectivity index (χ1v) is 8.74. The van der Waals surface area contributed by atoms with E-state index in [2.05, 4.69) is 4.72 Å². The van der Waals surface area contributed by atoms with Crippen LogP contribution in [-0.2, 0) is 10.0 Å². The summed E-state index contributed by atoms with van der Waals surface area (Å²) in [6.45, 7) is 6.50. The molecule has 0 fully saturated rings. The Labute approximate surface area is 127 Å². The standard InChI is InChI=1S/C15H25NO4S/c1-4-15(5-2,12-17)11-16-21(18,19)14-9-7-13(8-10-14)20-6-3/h7-10,16-17H,4-6,11-12H2,1-3H3. The van der Waals surface area contributed by atoms with Crippen LogP contribution in [0.25, 0.3) is 0 Å². The maximum Gasteiger partial charge on any atom is 0.240 e. The Balaban J connectivity index is 2.81. The molecule has 0 saturated heterocycles. The molecule has 6 heteroatoms. The third kappa shape index (κ3) is 4.69. The highest BCUT2D eigenvalue weighted by Gasteiger charge is 2.27. The fourth-order valence-corrected chi connectivity index (χ4v) is 3.15. The smallest absolute Gasteiger partial charge is 0.240 e. The molecule has 0 aliphatic carbocycles. The summed E-state index contributed by atoms with van der Waals surface area (Å²) in [6, 6.07) is 6.31. The molecule has 0 saturated carbocycles. The van der Waals surface area contributed by atoms with E-state index in [0.29, 0.717) is 25.2 Å². The van der Waals surface area contributed by atoms with Crippen LogP contribution < -0.4 is 9.46 Å². The summed E-state index contributed by atoms with van der Waals surface area (Å²) in [5.74, 6) is 0.642. The van der Waals surface area contributed by atoms with Crippen molar-refractivity contribution < 1.29 is 18.3 Å². The Morgan fingerprint density at radius 1 is 1.14 bits per heavy atom. The molecule has 2 N–H and O–H groups in total. The van der Waals surface area contributed by atoms with E-state index in [4.69, 9.17) is 4.74 Å². The highest BCUT2D eigenvalue weighted by Crippen LogP contribution is 2.25. The zero-order chi connectivity index (χ0) is 15.9. The SMILES string of the molecule is CCOc1ccc(S(=O)(=O)NCC(CC)(CC)CO)cc1. The van der Waals surface area contributed by atoms with E-state index in [9.17, 15) is 13.5 Å². The average molecular weight is 315 g/mol. The predicted octanol–water partition coefficient (Wildman–Crippen LogP) is 2.16. The van der Waals surface area contributed by atoms with Gasteiger partial charge in [-0.05, 0) is 44.0 Å². The lowest BCUT2D eigenvalue weighted by atomic mass is 9.84. The van der Waals surface area contributed by atoms with Gasteiger partial charge in [-0.3, -0.25) is 0 Å². The normalized spacial score (nSPS) is 12.4. The van der Waals surface area contributed by atoms with E-state index < -0.39 is 15.4 Å². The van der Waals surface area contributed by atoms with Crippen molar-refractivity contribution in [1.82, 2.24) is 4.72 Å². The number of aliphatic hydroxyl groups is 1. The Kier molecular flexibility index (Phi) is 6.64. The van der Waals surface area contributed by atoms with Crippen LogP contribution in [0.2, 0.25) is 0 Å². The van der Waals surface area contributed by atoms with E-state index in [-0.39, 0.29) is 18.0 Å². The fraction of sp³-hybridized carbons (Fsp3) is 0.600. The second kappa shape index (κ2) is 7.77. The van der Waals surface area contributed by atoms with Crippen molar-refractivity contribution >= 4 is 10.0 Å². The first-order chi connectivity index (χ1) is 9.93. The Morgan fingerprint density at radius 3 is 2.14 bits per heavy atom. The second-order valence-electron chi connectivity index (χ2n) is 5.09. The molecule has 0 aliphatic heterocycles. The molecular formula is C15H25NO4S. The van der Waals surface area contributed by atoms with Crippen molar-refractivity contribution in [2.24, 2.45) is 5.41 Å². The van der Waals surface area contributed by atoms with E-state index in [1.165, 1.54) is 12.1 Å². The third-order valence-corrected chi connectivity index (χ3v) is 5.33. The number of benzene rings is 1. The highest BCUT2D eigenvalue weighted by molar-refractivity contribution is 7.89. The van der Waals surface area contributed by atoms with Gasteiger partial charge in [0.25, 0.3) is 0 Å². The fourth-order valence-electron chi connectivity index (χ4n) is 1.99. The van der Waals surface area contributed by atoms with Gasteiger partial charge < -0.3 is 9.84 Å². The number of ether oxygens (including phenoxy) is 1. The average Bonchev–Trinajstić information content (AvgIpc) is 2.50. The van der Waals surface area contributed by atoms with Crippen LogP contribution in [0.5, 0.6) is 5.75 Å². The lowest BCUT2D eigenvalue weighted by Gasteiger charge is -2.29. The maximum absolute atomic E-state index is 12.3. The molecule has 0 radical (unpaired) electrons. The minimum atomic E-state index is -3.57. The number of sulfonamides is 1. The van der Waals surface area contributed by atoms with Crippen molar-refractivity contribution in [1.29, 1.82) is 0 Å². The molecule has 120 valence electrons. The molecule has 21 heavy (non-hydrogen) atoms. The van der Waals surface area contributed by atoms with Crippen LogP contribution in [0.15, 0.2) is 29.2 Å². The molecule has 0 spiro atoms.